The largest absolute Gasteiger partial charge is 0.479 e. The number of aliphatic carboxylic acids is 1. The third-order valence-electron chi connectivity index (χ3n) is 1.40. The van der Waals surface area contributed by atoms with Gasteiger partial charge in [-0.1, -0.05) is 35.0 Å². The van der Waals surface area contributed by atoms with Gasteiger partial charge in [-0.05, 0) is 18.2 Å². The molecule has 0 aromatic heterocycles. The highest BCUT2D eigenvalue weighted by atomic mass is 35.5. The van der Waals surface area contributed by atoms with Crippen molar-refractivity contribution in [3.05, 3.63) is 28.2 Å². The summed E-state index contributed by atoms with van der Waals surface area (Å²) in [5, 5.41) is 8.38. The van der Waals surface area contributed by atoms with Crippen LogP contribution >= 0.6 is 35.0 Å². The number of carboxylic acids is 1. The van der Waals surface area contributed by atoms with Crippen molar-refractivity contribution in [2.24, 2.45) is 5.73 Å². The van der Waals surface area contributed by atoms with Gasteiger partial charge in [0.2, 0.25) is 0 Å². The zero-order valence-corrected chi connectivity index (χ0v) is 9.23. The van der Waals surface area contributed by atoms with Gasteiger partial charge in [-0.25, -0.2) is 4.79 Å². The Morgan fingerprint density at radius 3 is 2.57 bits per heavy atom. The van der Waals surface area contributed by atoms with Crippen LogP contribution in [0.25, 0.3) is 0 Å². The van der Waals surface area contributed by atoms with Crippen LogP contribution in [0.1, 0.15) is 0 Å². The molecule has 76 valence electrons. The van der Waals surface area contributed by atoms with Crippen molar-refractivity contribution < 1.29 is 9.90 Å². The Kier molecular flexibility index (Phi) is 4.07. The first-order valence-corrected chi connectivity index (χ1v) is 5.24. The van der Waals surface area contributed by atoms with Crippen molar-refractivity contribution in [3.63, 3.8) is 0 Å². The number of hydrogen-bond donors (Lipinski definition) is 2. The lowest BCUT2D eigenvalue weighted by Gasteiger charge is -2.06. The molecule has 0 bridgehead atoms. The molecular formula is C8H7Cl2NO2S. The van der Waals surface area contributed by atoms with Gasteiger partial charge in [-0.15, -0.1) is 0 Å². The summed E-state index contributed by atoms with van der Waals surface area (Å²) in [6.07, 6.45) is 0. The summed E-state index contributed by atoms with van der Waals surface area (Å²) in [5.41, 5.74) is 5.32. The molecule has 1 unspecified atom stereocenters. The van der Waals surface area contributed by atoms with E-state index in [9.17, 15) is 4.79 Å². The van der Waals surface area contributed by atoms with Crippen LogP contribution in [0.4, 0.5) is 0 Å². The maximum absolute atomic E-state index is 10.5. The fraction of sp³-hybridized carbons (Fsp3) is 0.125. The van der Waals surface area contributed by atoms with Crippen LogP contribution in [0.3, 0.4) is 0 Å². The smallest absolute Gasteiger partial charge is 0.331 e. The van der Waals surface area contributed by atoms with E-state index in [0.717, 1.165) is 11.8 Å². The minimum atomic E-state index is -1.07. The predicted octanol–water partition coefficient (Wildman–Crippen LogP) is 2.45. The molecule has 0 radical (unpaired) electrons. The Labute approximate surface area is 95.2 Å². The van der Waals surface area contributed by atoms with Crippen molar-refractivity contribution in [2.45, 2.75) is 10.3 Å². The summed E-state index contributed by atoms with van der Waals surface area (Å²) >= 11 is 12.4. The lowest BCUT2D eigenvalue weighted by molar-refractivity contribution is -0.136. The molecule has 14 heavy (non-hydrogen) atoms. The minimum Gasteiger partial charge on any atom is -0.479 e. The summed E-state index contributed by atoms with van der Waals surface area (Å²) < 4.78 is 0. The van der Waals surface area contributed by atoms with Crippen molar-refractivity contribution in [3.8, 4) is 0 Å². The van der Waals surface area contributed by atoms with E-state index in [0.29, 0.717) is 14.9 Å². The minimum absolute atomic E-state index is 0.384. The molecule has 0 fully saturated rings. The maximum atomic E-state index is 10.5. The molecular weight excluding hydrogens is 245 g/mol. The van der Waals surface area contributed by atoms with E-state index in [-0.39, 0.29) is 0 Å². The lowest BCUT2D eigenvalue weighted by atomic mass is 10.4. The van der Waals surface area contributed by atoms with E-state index < -0.39 is 11.3 Å². The molecule has 0 saturated carbocycles. The normalized spacial score (nSPS) is 12.5. The highest BCUT2D eigenvalue weighted by Crippen LogP contribution is 2.28. The van der Waals surface area contributed by atoms with E-state index in [1.807, 2.05) is 0 Å². The number of rotatable bonds is 3. The van der Waals surface area contributed by atoms with Crippen molar-refractivity contribution in [1.29, 1.82) is 0 Å². The molecule has 0 saturated heterocycles. The first-order chi connectivity index (χ1) is 6.50. The van der Waals surface area contributed by atoms with Gasteiger partial charge < -0.3 is 10.8 Å². The first-order valence-electron chi connectivity index (χ1n) is 3.61. The maximum Gasteiger partial charge on any atom is 0.331 e. The molecule has 0 spiro atoms. The fourth-order valence-electron chi connectivity index (χ4n) is 0.747. The van der Waals surface area contributed by atoms with Crippen LogP contribution < -0.4 is 5.73 Å². The van der Waals surface area contributed by atoms with Gasteiger partial charge in [0.25, 0.3) is 0 Å². The van der Waals surface area contributed by atoms with Gasteiger partial charge in [-0.3, -0.25) is 0 Å². The molecule has 1 rings (SSSR count). The number of carboxylic acid groups (broad SMARTS) is 1. The van der Waals surface area contributed by atoms with E-state index in [4.69, 9.17) is 34.0 Å². The number of nitrogens with two attached hydrogens (primary N) is 1. The van der Waals surface area contributed by atoms with Crippen molar-refractivity contribution >= 4 is 40.9 Å². The number of hydrogen-bond acceptors (Lipinski definition) is 3. The molecule has 0 aliphatic carbocycles. The van der Waals surface area contributed by atoms with Gasteiger partial charge >= 0.3 is 5.97 Å². The molecule has 3 N–H and O–H groups in total. The third-order valence-corrected chi connectivity index (χ3v) is 3.12. The second-order valence-corrected chi connectivity index (χ2v) is 4.48. The quantitative estimate of drug-likeness (QED) is 0.640. The average molecular weight is 252 g/mol. The molecule has 0 aliphatic rings. The molecule has 6 heteroatoms. The Morgan fingerprint density at radius 1 is 1.43 bits per heavy atom. The molecule has 1 aromatic rings. The van der Waals surface area contributed by atoms with Crippen LogP contribution in [0.15, 0.2) is 23.1 Å². The standard InChI is InChI=1S/C8H7Cl2NO2S/c9-5-2-1-4(3-6(5)10)14-7(11)8(12)13/h1-3,7H,11H2,(H,12,13). The summed E-state index contributed by atoms with van der Waals surface area (Å²) in [5.74, 6) is -1.07. The number of thioether (sulfide) groups is 1. The number of benzene rings is 1. The van der Waals surface area contributed by atoms with Gasteiger partial charge in [-0.2, -0.15) is 0 Å². The van der Waals surface area contributed by atoms with Gasteiger partial charge in [0.15, 0.2) is 5.37 Å². The van der Waals surface area contributed by atoms with Gasteiger partial charge in [0.05, 0.1) is 10.0 Å². The van der Waals surface area contributed by atoms with Crippen molar-refractivity contribution in [2.75, 3.05) is 0 Å². The monoisotopic (exact) mass is 251 g/mol. The highest BCUT2D eigenvalue weighted by molar-refractivity contribution is 8.00. The molecule has 1 atom stereocenters. The summed E-state index contributed by atoms with van der Waals surface area (Å²) in [6.45, 7) is 0. The molecule has 0 heterocycles. The molecule has 0 amide bonds. The Bertz CT molecular complexity index is 359. The summed E-state index contributed by atoms with van der Waals surface area (Å²) in [6, 6.07) is 4.85. The Hall–Kier alpha value is -0.420. The van der Waals surface area contributed by atoms with E-state index in [1.165, 1.54) is 0 Å². The first kappa shape index (κ1) is 11.7. The predicted molar refractivity (Wildman–Crippen MR) is 57.9 cm³/mol. The van der Waals surface area contributed by atoms with Crippen LogP contribution in [0.5, 0.6) is 0 Å². The van der Waals surface area contributed by atoms with Gasteiger partial charge in [0.1, 0.15) is 0 Å². The van der Waals surface area contributed by atoms with Crippen molar-refractivity contribution in [1.82, 2.24) is 0 Å². The second-order valence-electron chi connectivity index (χ2n) is 2.45. The SMILES string of the molecule is NC(Sc1ccc(Cl)c(Cl)c1)C(=O)O. The van der Waals surface area contributed by atoms with Crippen LogP contribution in [-0.4, -0.2) is 16.4 Å². The number of halogens is 2. The number of carbonyl (C=O) groups is 1. The van der Waals surface area contributed by atoms with Gasteiger partial charge in [0, 0.05) is 4.90 Å². The topological polar surface area (TPSA) is 63.3 Å². The zero-order chi connectivity index (χ0) is 10.7. The van der Waals surface area contributed by atoms with Crippen LogP contribution in [0.2, 0.25) is 10.0 Å². The lowest BCUT2D eigenvalue weighted by Crippen LogP contribution is -2.25. The molecule has 3 nitrogen and oxygen atoms in total. The summed E-state index contributed by atoms with van der Waals surface area (Å²) in [4.78, 5) is 11.1. The summed E-state index contributed by atoms with van der Waals surface area (Å²) in [7, 11) is 0. The van der Waals surface area contributed by atoms with Crippen LogP contribution in [-0.2, 0) is 4.79 Å². The van der Waals surface area contributed by atoms with E-state index in [1.54, 1.807) is 18.2 Å². The Morgan fingerprint density at radius 2 is 2.07 bits per heavy atom. The van der Waals surface area contributed by atoms with Crippen LogP contribution in [0, 0.1) is 0 Å². The van der Waals surface area contributed by atoms with E-state index in [2.05, 4.69) is 0 Å². The average Bonchev–Trinajstić information content (AvgIpc) is 2.11. The molecule has 1 aromatic carbocycles. The fourth-order valence-corrected chi connectivity index (χ4v) is 1.84. The molecule has 0 aliphatic heterocycles. The van der Waals surface area contributed by atoms with E-state index >= 15 is 0 Å². The third kappa shape index (κ3) is 3.06. The zero-order valence-electron chi connectivity index (χ0n) is 6.91. The Balaban J connectivity index is 2.78. The highest BCUT2D eigenvalue weighted by Gasteiger charge is 2.13. The second kappa shape index (κ2) is 4.89.